The molecule has 220 valence electrons. The second-order valence-electron chi connectivity index (χ2n) is 10.8. The van der Waals surface area contributed by atoms with Crippen LogP contribution in [0.4, 0.5) is 13.2 Å². The van der Waals surface area contributed by atoms with Crippen molar-refractivity contribution in [1.29, 1.82) is 0 Å². The standard InChI is InChI=1S/C30H28N6.C2HF3O2/c1-17-15-31-29(33-17)23-9-7-21-11-25(35-27(21)13-23)19-3-5-20(6-4-19)26-12-22-8-10-24(14-28(22)36-26)30-32-16-18(2)34-30;3-2(4,5)1(6)7/h3-14,17-18,35-36H,15-16H2,1-2H3,(H,31,33)(H,32,34);(H,6,7). The largest absolute Gasteiger partial charge is 0.490 e. The van der Waals surface area contributed by atoms with Crippen LogP contribution in [0.1, 0.15) is 25.0 Å². The maximum Gasteiger partial charge on any atom is 0.490 e. The number of carboxylic acid groups (broad SMARTS) is 1. The van der Waals surface area contributed by atoms with Crippen LogP contribution in [0.25, 0.3) is 44.3 Å². The quantitative estimate of drug-likeness (QED) is 0.175. The first-order valence-corrected chi connectivity index (χ1v) is 13.8. The molecule has 3 aromatic carbocycles. The zero-order valence-corrected chi connectivity index (χ0v) is 23.4. The minimum absolute atomic E-state index is 0.398. The van der Waals surface area contributed by atoms with Crippen LogP contribution in [-0.2, 0) is 4.79 Å². The van der Waals surface area contributed by atoms with Crippen molar-refractivity contribution in [2.24, 2.45) is 9.98 Å². The van der Waals surface area contributed by atoms with Crippen molar-refractivity contribution in [3.63, 3.8) is 0 Å². The lowest BCUT2D eigenvalue weighted by Crippen LogP contribution is -2.27. The van der Waals surface area contributed by atoms with Gasteiger partial charge in [0.2, 0.25) is 0 Å². The molecule has 0 saturated heterocycles. The summed E-state index contributed by atoms with van der Waals surface area (Å²) >= 11 is 0. The summed E-state index contributed by atoms with van der Waals surface area (Å²) in [5.41, 5.74) is 9.06. The zero-order valence-electron chi connectivity index (χ0n) is 23.4. The highest BCUT2D eigenvalue weighted by Gasteiger charge is 2.38. The van der Waals surface area contributed by atoms with Gasteiger partial charge in [0.05, 0.1) is 13.1 Å². The summed E-state index contributed by atoms with van der Waals surface area (Å²) in [7, 11) is 0. The van der Waals surface area contributed by atoms with E-state index in [1.807, 2.05) is 0 Å². The van der Waals surface area contributed by atoms with Gasteiger partial charge >= 0.3 is 12.1 Å². The van der Waals surface area contributed by atoms with E-state index in [4.69, 9.17) is 9.90 Å². The Morgan fingerprint density at radius 2 is 1.07 bits per heavy atom. The number of alkyl halides is 3. The van der Waals surface area contributed by atoms with E-state index in [2.05, 4.69) is 117 Å². The Morgan fingerprint density at radius 1 is 0.698 bits per heavy atom. The lowest BCUT2D eigenvalue weighted by atomic mass is 10.1. The molecular formula is C32H29F3N6O2. The molecule has 5 N–H and O–H groups in total. The highest BCUT2D eigenvalue weighted by Crippen LogP contribution is 2.30. The molecule has 0 bridgehead atoms. The Labute approximate surface area is 244 Å². The van der Waals surface area contributed by atoms with Gasteiger partial charge in [0.15, 0.2) is 0 Å². The topological polar surface area (TPSA) is 118 Å². The fourth-order valence-corrected chi connectivity index (χ4v) is 5.14. The average molecular weight is 587 g/mol. The van der Waals surface area contributed by atoms with Crippen molar-refractivity contribution < 1.29 is 23.1 Å². The number of fused-ring (bicyclic) bond motifs is 2. The second kappa shape index (κ2) is 11.0. The van der Waals surface area contributed by atoms with Crippen molar-refractivity contribution in [3.8, 4) is 22.5 Å². The number of halogens is 3. The second-order valence-corrected chi connectivity index (χ2v) is 10.8. The van der Waals surface area contributed by atoms with Crippen molar-refractivity contribution in [2.45, 2.75) is 32.1 Å². The number of aliphatic carboxylic acids is 1. The van der Waals surface area contributed by atoms with Gasteiger partial charge in [0, 0.05) is 56.4 Å². The molecule has 2 aliphatic rings. The number of aromatic amines is 2. The average Bonchev–Trinajstić information content (AvgIpc) is 3.78. The summed E-state index contributed by atoms with van der Waals surface area (Å²) in [6, 6.07) is 26.9. The number of benzene rings is 3. The molecule has 43 heavy (non-hydrogen) atoms. The van der Waals surface area contributed by atoms with Crippen molar-refractivity contribution >= 4 is 39.4 Å². The summed E-state index contributed by atoms with van der Waals surface area (Å²) < 4.78 is 31.7. The van der Waals surface area contributed by atoms with Crippen LogP contribution in [-0.4, -0.2) is 64.1 Å². The molecule has 0 aliphatic carbocycles. The number of hydrogen-bond donors (Lipinski definition) is 5. The molecule has 2 atom stereocenters. The summed E-state index contributed by atoms with van der Waals surface area (Å²) in [6.07, 6.45) is -5.08. The highest BCUT2D eigenvalue weighted by molar-refractivity contribution is 6.04. The van der Waals surface area contributed by atoms with E-state index in [0.29, 0.717) is 12.1 Å². The molecule has 0 fully saturated rings. The molecule has 8 nitrogen and oxygen atoms in total. The Kier molecular flexibility index (Phi) is 7.17. The molecule has 11 heteroatoms. The predicted octanol–water partition coefficient (Wildman–Crippen LogP) is 6.09. The van der Waals surface area contributed by atoms with Crippen molar-refractivity contribution in [2.75, 3.05) is 13.1 Å². The number of amidine groups is 2. The highest BCUT2D eigenvalue weighted by atomic mass is 19.4. The molecule has 2 aromatic heterocycles. The third kappa shape index (κ3) is 5.97. The normalized spacial score (nSPS) is 18.1. The van der Waals surface area contributed by atoms with Crippen LogP contribution < -0.4 is 10.6 Å². The van der Waals surface area contributed by atoms with Gasteiger partial charge in [-0.05, 0) is 49.2 Å². The van der Waals surface area contributed by atoms with E-state index in [1.165, 1.54) is 21.9 Å². The number of nitrogens with zero attached hydrogens (tertiary/aromatic N) is 2. The van der Waals surface area contributed by atoms with Gasteiger partial charge in [-0.15, -0.1) is 0 Å². The molecular weight excluding hydrogens is 557 g/mol. The maximum atomic E-state index is 10.6. The first-order chi connectivity index (χ1) is 20.5. The summed E-state index contributed by atoms with van der Waals surface area (Å²) in [5.74, 6) is -0.790. The van der Waals surface area contributed by atoms with Gasteiger partial charge in [0.25, 0.3) is 0 Å². The first kappa shape index (κ1) is 28.1. The lowest BCUT2D eigenvalue weighted by molar-refractivity contribution is -0.192. The molecule has 7 rings (SSSR count). The van der Waals surface area contributed by atoms with Crippen LogP contribution in [0.2, 0.25) is 0 Å². The first-order valence-electron chi connectivity index (χ1n) is 13.8. The minimum atomic E-state index is -5.08. The molecule has 0 radical (unpaired) electrons. The molecule has 0 saturated carbocycles. The Hall–Kier alpha value is -5.06. The number of carboxylic acids is 1. The number of H-pyrrole nitrogens is 2. The number of aromatic nitrogens is 2. The molecule has 0 spiro atoms. The number of hydrogen-bond acceptors (Lipinski definition) is 5. The van der Waals surface area contributed by atoms with Gasteiger partial charge in [-0.25, -0.2) is 4.79 Å². The third-order valence-corrected chi connectivity index (χ3v) is 7.35. The summed E-state index contributed by atoms with van der Waals surface area (Å²) in [6.45, 7) is 5.97. The molecule has 5 aromatic rings. The van der Waals surface area contributed by atoms with Gasteiger partial charge < -0.3 is 25.7 Å². The summed E-state index contributed by atoms with van der Waals surface area (Å²) in [4.78, 5) is 25.3. The van der Waals surface area contributed by atoms with Crippen molar-refractivity contribution in [3.05, 3.63) is 83.9 Å². The third-order valence-electron chi connectivity index (χ3n) is 7.35. The molecule has 0 amide bonds. The van der Waals surface area contributed by atoms with Crippen LogP contribution in [0.15, 0.2) is 82.8 Å². The van der Waals surface area contributed by atoms with E-state index < -0.39 is 12.1 Å². The maximum absolute atomic E-state index is 10.6. The fraction of sp³-hybridized carbons (Fsp3) is 0.219. The number of nitrogens with one attached hydrogen (secondary N) is 4. The van der Waals surface area contributed by atoms with Crippen molar-refractivity contribution in [1.82, 2.24) is 20.6 Å². The van der Waals surface area contributed by atoms with Gasteiger partial charge in [0.1, 0.15) is 11.7 Å². The fourth-order valence-electron chi connectivity index (χ4n) is 5.14. The number of rotatable bonds is 4. The van der Waals surface area contributed by atoms with E-state index in [-0.39, 0.29) is 0 Å². The molecule has 2 unspecified atom stereocenters. The van der Waals surface area contributed by atoms with E-state index >= 15 is 0 Å². The minimum Gasteiger partial charge on any atom is -0.475 e. The predicted molar refractivity (Wildman–Crippen MR) is 163 cm³/mol. The number of aliphatic imine (C=N–C) groups is 2. The zero-order chi connectivity index (χ0) is 30.3. The smallest absolute Gasteiger partial charge is 0.475 e. The lowest BCUT2D eigenvalue weighted by Gasteiger charge is -2.06. The summed E-state index contributed by atoms with van der Waals surface area (Å²) in [5, 5.41) is 16.4. The van der Waals surface area contributed by atoms with E-state index in [9.17, 15) is 13.2 Å². The Morgan fingerprint density at radius 3 is 1.40 bits per heavy atom. The van der Waals surface area contributed by atoms with Gasteiger partial charge in [-0.1, -0.05) is 48.5 Å². The van der Waals surface area contributed by atoms with Crippen LogP contribution in [0.3, 0.4) is 0 Å². The van der Waals surface area contributed by atoms with Gasteiger partial charge in [-0.3, -0.25) is 9.98 Å². The van der Waals surface area contributed by atoms with Crippen LogP contribution >= 0.6 is 0 Å². The van der Waals surface area contributed by atoms with Crippen LogP contribution in [0.5, 0.6) is 0 Å². The van der Waals surface area contributed by atoms with E-state index in [1.54, 1.807) is 0 Å². The van der Waals surface area contributed by atoms with Gasteiger partial charge in [-0.2, -0.15) is 13.2 Å². The Balaban J connectivity index is 0.000000423. The molecule has 2 aliphatic heterocycles. The monoisotopic (exact) mass is 586 g/mol. The molecule has 4 heterocycles. The van der Waals surface area contributed by atoms with Crippen LogP contribution in [0, 0.1) is 0 Å². The number of carbonyl (C=O) groups is 1. The Bertz CT molecular complexity index is 1760. The van der Waals surface area contributed by atoms with E-state index in [0.717, 1.165) is 58.3 Å². The SMILES string of the molecule is CC1CN=C(c2ccc3cc(-c4ccc(-c5cc6ccc(C7=NCC(C)N7)cc6[nH]5)cc4)[nH]c3c2)N1.O=C(O)C(F)(F)F.